The van der Waals surface area contributed by atoms with Gasteiger partial charge in [0.15, 0.2) is 0 Å². The second-order valence-corrected chi connectivity index (χ2v) is 5.12. The van der Waals surface area contributed by atoms with Crippen molar-refractivity contribution < 1.29 is 22.7 Å². The van der Waals surface area contributed by atoms with E-state index in [4.69, 9.17) is 16.3 Å². The van der Waals surface area contributed by atoms with Gasteiger partial charge in [-0.25, -0.2) is 4.99 Å². The third kappa shape index (κ3) is 4.08. The molecule has 0 saturated carbocycles. The molecule has 0 aliphatic carbocycles. The number of ether oxygens (including phenoxy) is 1. The molecule has 1 aromatic carbocycles. The van der Waals surface area contributed by atoms with Crippen molar-refractivity contribution >= 4 is 28.5 Å². The Bertz CT molecular complexity index is 716. The number of amides is 1. The lowest BCUT2D eigenvalue weighted by Gasteiger charge is -2.33. The van der Waals surface area contributed by atoms with Gasteiger partial charge < -0.3 is 15.0 Å². The van der Waals surface area contributed by atoms with Gasteiger partial charge in [-0.1, -0.05) is 12.6 Å². The van der Waals surface area contributed by atoms with Crippen LogP contribution in [-0.2, 0) is 4.79 Å². The van der Waals surface area contributed by atoms with E-state index in [1.807, 2.05) is 0 Å². The summed E-state index contributed by atoms with van der Waals surface area (Å²) in [6, 6.07) is 5.95. The quantitative estimate of drug-likeness (QED) is 0.661. The van der Waals surface area contributed by atoms with Crippen molar-refractivity contribution in [2.75, 3.05) is 12.4 Å². The Hall–Kier alpha value is -2.48. The highest BCUT2D eigenvalue weighted by Gasteiger charge is 2.44. The average Bonchev–Trinajstić information content (AvgIpc) is 2.51. The third-order valence-corrected chi connectivity index (χ3v) is 3.45. The first-order valence-electron chi connectivity index (χ1n) is 6.66. The van der Waals surface area contributed by atoms with Gasteiger partial charge in [0, 0.05) is 25.0 Å². The van der Waals surface area contributed by atoms with Gasteiger partial charge in [-0.3, -0.25) is 4.79 Å². The molecule has 0 radical (unpaired) electrons. The molecule has 1 heterocycles. The first kappa shape index (κ1) is 17.9. The molecule has 0 bridgehead atoms. The lowest BCUT2D eigenvalue weighted by Crippen LogP contribution is -2.45. The number of hydrogen-bond donors (Lipinski definition) is 1. The minimum atomic E-state index is -4.63. The van der Waals surface area contributed by atoms with Gasteiger partial charge in [-0.2, -0.15) is 13.2 Å². The number of carbonyl (C=O) groups excluding carboxylic acids is 1. The lowest BCUT2D eigenvalue weighted by atomic mass is 10.2. The van der Waals surface area contributed by atoms with Gasteiger partial charge in [0.05, 0.1) is 0 Å². The average molecular weight is 360 g/mol. The molecule has 1 amide bonds. The van der Waals surface area contributed by atoms with Crippen LogP contribution in [0.4, 0.5) is 18.9 Å². The maximum Gasteiger partial charge on any atom is 0.419 e. The van der Waals surface area contributed by atoms with E-state index in [9.17, 15) is 18.0 Å². The Kier molecular flexibility index (Phi) is 5.18. The molecule has 128 valence electrons. The predicted octanol–water partition coefficient (Wildman–Crippen LogP) is 3.50. The maximum atomic E-state index is 13.1. The van der Waals surface area contributed by atoms with E-state index in [0.29, 0.717) is 11.9 Å². The van der Waals surface area contributed by atoms with E-state index >= 15 is 0 Å². The maximum absolute atomic E-state index is 13.1. The third-order valence-electron chi connectivity index (χ3n) is 3.08. The molecule has 1 atom stereocenters. The first-order chi connectivity index (χ1) is 11.2. The molecule has 24 heavy (non-hydrogen) atoms. The van der Waals surface area contributed by atoms with Crippen molar-refractivity contribution in [3.05, 3.63) is 48.7 Å². The molecule has 0 spiro atoms. The molecule has 1 N–H and O–H groups in total. The Labute approximate surface area is 141 Å². The van der Waals surface area contributed by atoms with Crippen LogP contribution < -0.4 is 10.1 Å². The zero-order valence-electron chi connectivity index (χ0n) is 12.5. The number of nitrogens with one attached hydrogen (secondary N) is 1. The minimum absolute atomic E-state index is 0.121. The largest absolute Gasteiger partial charge is 0.466 e. The predicted molar refractivity (Wildman–Crippen MR) is 84.9 cm³/mol. The molecule has 1 aromatic rings. The fourth-order valence-electron chi connectivity index (χ4n) is 1.91. The van der Waals surface area contributed by atoms with Crippen LogP contribution in [0.5, 0.6) is 5.75 Å². The number of likely N-dealkylation sites (N-methyl/N-ethyl adjacent to an activating group) is 1. The molecule has 0 aromatic heterocycles. The number of carbonyl (C=O) groups is 1. The number of anilines is 1. The Balaban J connectivity index is 2.27. The zero-order valence-corrected chi connectivity index (χ0v) is 13.2. The summed E-state index contributed by atoms with van der Waals surface area (Å²) in [6.45, 7) is 3.32. The molecular formula is C15H13ClF3N3O2. The Morgan fingerprint density at radius 1 is 1.50 bits per heavy atom. The fourth-order valence-corrected chi connectivity index (χ4v) is 2.05. The van der Waals surface area contributed by atoms with Crippen molar-refractivity contribution in [3.63, 3.8) is 0 Å². The molecule has 0 saturated heterocycles. The van der Waals surface area contributed by atoms with Gasteiger partial charge in [0.25, 0.3) is 0 Å². The summed E-state index contributed by atoms with van der Waals surface area (Å²) in [7, 11) is 1.33. The van der Waals surface area contributed by atoms with Gasteiger partial charge in [-0.15, -0.1) is 0 Å². The number of benzene rings is 1. The number of aliphatic imine (C=N–C) groups is 1. The Morgan fingerprint density at radius 3 is 2.83 bits per heavy atom. The summed E-state index contributed by atoms with van der Waals surface area (Å²) < 4.78 is 44.8. The molecule has 1 unspecified atom stereocenters. The molecule has 0 fully saturated rings. The van der Waals surface area contributed by atoms with Crippen LogP contribution in [0, 0.1) is 0 Å². The monoisotopic (exact) mass is 359 g/mol. The Morgan fingerprint density at radius 2 is 2.21 bits per heavy atom. The standard InChI is InChI=1S/C15H13ClF3N3O2/c1-3-12(23)21-9-5-4-6-10(7-9)24-13-11(15(17,18)19)8-20-14(16)22(13)2/h3-8,13H,1H2,2H3,(H,21,23). The van der Waals surface area contributed by atoms with Gasteiger partial charge in [0.1, 0.15) is 11.3 Å². The van der Waals surface area contributed by atoms with Crippen LogP contribution in [0.15, 0.2) is 53.7 Å². The summed E-state index contributed by atoms with van der Waals surface area (Å²) in [5, 5.41) is 2.36. The van der Waals surface area contributed by atoms with E-state index < -0.39 is 23.9 Å². The summed E-state index contributed by atoms with van der Waals surface area (Å²) in [6.07, 6.45) is -4.42. The summed E-state index contributed by atoms with van der Waals surface area (Å²) >= 11 is 5.78. The number of rotatable bonds is 4. The second kappa shape index (κ2) is 6.96. The van der Waals surface area contributed by atoms with Gasteiger partial charge in [-0.05, 0) is 29.8 Å². The van der Waals surface area contributed by atoms with Crippen molar-refractivity contribution in [1.82, 2.24) is 4.90 Å². The summed E-state index contributed by atoms with van der Waals surface area (Å²) in [5.41, 5.74) is -0.636. The molecule has 1 aliphatic rings. The second-order valence-electron chi connectivity index (χ2n) is 4.78. The van der Waals surface area contributed by atoms with Crippen LogP contribution in [0.25, 0.3) is 0 Å². The van der Waals surface area contributed by atoms with E-state index in [1.54, 1.807) is 6.07 Å². The number of halogens is 4. The highest BCUT2D eigenvalue weighted by molar-refractivity contribution is 6.64. The fraction of sp³-hybridized carbons (Fsp3) is 0.200. The van der Waals surface area contributed by atoms with E-state index in [1.165, 1.54) is 25.2 Å². The highest BCUT2D eigenvalue weighted by Crippen LogP contribution is 2.34. The van der Waals surface area contributed by atoms with Crippen molar-refractivity contribution in [1.29, 1.82) is 0 Å². The SMILES string of the molecule is C=CC(=O)Nc1cccc(OC2C(C(F)(F)F)=CN=C(Cl)N2C)c1. The van der Waals surface area contributed by atoms with Crippen molar-refractivity contribution in [2.24, 2.45) is 4.99 Å². The van der Waals surface area contributed by atoms with Crippen LogP contribution in [0.3, 0.4) is 0 Å². The molecule has 2 rings (SSSR count). The first-order valence-corrected chi connectivity index (χ1v) is 7.03. The van der Waals surface area contributed by atoms with Crippen LogP contribution in [0.1, 0.15) is 0 Å². The summed E-state index contributed by atoms with van der Waals surface area (Å²) in [5.74, 6) is -0.330. The van der Waals surface area contributed by atoms with Crippen molar-refractivity contribution in [2.45, 2.75) is 12.4 Å². The normalized spacial score (nSPS) is 17.7. The van der Waals surface area contributed by atoms with E-state index in [2.05, 4.69) is 16.9 Å². The topological polar surface area (TPSA) is 53.9 Å². The van der Waals surface area contributed by atoms with Gasteiger partial charge >= 0.3 is 6.18 Å². The zero-order chi connectivity index (χ0) is 17.9. The highest BCUT2D eigenvalue weighted by atomic mass is 35.5. The number of amidine groups is 1. The van der Waals surface area contributed by atoms with Crippen LogP contribution in [0.2, 0.25) is 0 Å². The number of nitrogens with zero attached hydrogens (tertiary/aromatic N) is 2. The smallest absolute Gasteiger partial charge is 0.419 e. The molecule has 5 nitrogen and oxygen atoms in total. The molecular weight excluding hydrogens is 347 g/mol. The van der Waals surface area contributed by atoms with Gasteiger partial charge in [0.2, 0.25) is 17.4 Å². The van der Waals surface area contributed by atoms with E-state index in [0.717, 1.165) is 11.0 Å². The van der Waals surface area contributed by atoms with Crippen LogP contribution in [-0.4, -0.2) is 35.6 Å². The minimum Gasteiger partial charge on any atom is -0.466 e. The summed E-state index contributed by atoms with van der Waals surface area (Å²) in [4.78, 5) is 15.8. The van der Waals surface area contributed by atoms with E-state index in [-0.39, 0.29) is 11.0 Å². The molecule has 9 heteroatoms. The van der Waals surface area contributed by atoms with Crippen molar-refractivity contribution in [3.8, 4) is 5.75 Å². The number of hydrogen-bond acceptors (Lipinski definition) is 4. The number of alkyl halides is 3. The molecule has 1 aliphatic heterocycles. The lowest BCUT2D eigenvalue weighted by molar-refractivity contribution is -0.112. The van der Waals surface area contributed by atoms with Crippen LogP contribution >= 0.6 is 11.6 Å².